The predicted molar refractivity (Wildman–Crippen MR) is 75.9 cm³/mol. The maximum atomic E-state index is 12.1. The van der Waals surface area contributed by atoms with Crippen molar-refractivity contribution in [3.8, 4) is 0 Å². The third-order valence-corrected chi connectivity index (χ3v) is 3.20. The number of nitrogens with zero attached hydrogens (tertiary/aromatic N) is 2. The minimum absolute atomic E-state index is 0.168. The lowest BCUT2D eigenvalue weighted by molar-refractivity contribution is 0.0987. The van der Waals surface area contributed by atoms with E-state index in [2.05, 4.69) is 16.9 Å². The smallest absolute Gasteiger partial charge is 0.188 e. The summed E-state index contributed by atoms with van der Waals surface area (Å²) in [5, 5.41) is 0.676. The largest absolute Gasteiger partial charge is 0.292 e. The summed E-state index contributed by atoms with van der Waals surface area (Å²) in [6.07, 6.45) is 4.29. The maximum Gasteiger partial charge on any atom is 0.188 e. The first kappa shape index (κ1) is 14.0. The van der Waals surface area contributed by atoms with Gasteiger partial charge in [-0.15, -0.1) is 0 Å². The topological polar surface area (TPSA) is 42.9 Å². The second-order valence-electron chi connectivity index (χ2n) is 4.10. The summed E-state index contributed by atoms with van der Waals surface area (Å²) in [5.41, 5.74) is 2.07. The molecule has 0 unspecified atom stereocenters. The van der Waals surface area contributed by atoms with E-state index in [1.54, 1.807) is 6.20 Å². The van der Waals surface area contributed by atoms with Crippen LogP contribution in [0.15, 0.2) is 30.6 Å². The number of hydrogen-bond acceptors (Lipinski definition) is 3. The standard InChI is InChI=1S/C14H12Cl2N2O/c1-2-9-3-4-11(17-7-9)6-13(19)14-12(16)5-10(15)8-18-14/h3-5,7-8H,2,6H2,1H3. The number of hydrogen-bond donors (Lipinski definition) is 0. The second-order valence-corrected chi connectivity index (χ2v) is 4.94. The molecule has 0 saturated carbocycles. The zero-order chi connectivity index (χ0) is 13.8. The normalized spacial score (nSPS) is 10.5. The first-order chi connectivity index (χ1) is 9.10. The molecular formula is C14H12Cl2N2O. The molecule has 0 aliphatic rings. The van der Waals surface area contributed by atoms with Crippen LogP contribution < -0.4 is 0 Å². The number of halogens is 2. The third-order valence-electron chi connectivity index (χ3n) is 2.71. The van der Waals surface area contributed by atoms with Gasteiger partial charge in [0.05, 0.1) is 16.5 Å². The molecule has 0 spiro atoms. The highest BCUT2D eigenvalue weighted by Gasteiger charge is 2.13. The number of pyridine rings is 2. The van der Waals surface area contributed by atoms with E-state index in [1.165, 1.54) is 12.3 Å². The molecule has 2 rings (SSSR count). The van der Waals surface area contributed by atoms with Crippen molar-refractivity contribution in [2.24, 2.45) is 0 Å². The summed E-state index contributed by atoms with van der Waals surface area (Å²) >= 11 is 11.7. The van der Waals surface area contributed by atoms with Crippen LogP contribution in [0.1, 0.15) is 28.7 Å². The van der Waals surface area contributed by atoms with Gasteiger partial charge in [-0.2, -0.15) is 0 Å². The average molecular weight is 295 g/mol. The number of carbonyl (C=O) groups excluding carboxylic acids is 1. The molecule has 0 aliphatic heterocycles. The summed E-state index contributed by atoms with van der Waals surface area (Å²) in [7, 11) is 0. The number of aryl methyl sites for hydroxylation is 1. The van der Waals surface area contributed by atoms with E-state index in [0.717, 1.165) is 12.0 Å². The van der Waals surface area contributed by atoms with E-state index in [9.17, 15) is 4.79 Å². The van der Waals surface area contributed by atoms with Crippen LogP contribution in [-0.2, 0) is 12.8 Å². The molecule has 0 radical (unpaired) electrons. The van der Waals surface area contributed by atoms with Crippen molar-refractivity contribution in [2.45, 2.75) is 19.8 Å². The second kappa shape index (κ2) is 6.13. The molecule has 2 aromatic heterocycles. The Balaban J connectivity index is 2.15. The fraction of sp³-hybridized carbons (Fsp3) is 0.214. The van der Waals surface area contributed by atoms with Crippen LogP contribution in [0, 0.1) is 0 Å². The Kier molecular flexibility index (Phi) is 4.51. The average Bonchev–Trinajstić information content (AvgIpc) is 2.39. The number of ketones is 1. The Morgan fingerprint density at radius 3 is 2.58 bits per heavy atom. The lowest BCUT2D eigenvalue weighted by Gasteiger charge is -2.03. The highest BCUT2D eigenvalue weighted by molar-refractivity contribution is 6.36. The van der Waals surface area contributed by atoms with E-state index in [0.29, 0.717) is 10.7 Å². The van der Waals surface area contributed by atoms with Gasteiger partial charge in [0.15, 0.2) is 5.78 Å². The van der Waals surface area contributed by atoms with Gasteiger partial charge >= 0.3 is 0 Å². The van der Waals surface area contributed by atoms with Crippen molar-refractivity contribution < 1.29 is 4.79 Å². The molecule has 19 heavy (non-hydrogen) atoms. The number of Topliss-reactive ketones (excluding diaryl/α,β-unsaturated/α-hetero) is 1. The fourth-order valence-corrected chi connectivity index (χ4v) is 2.12. The Morgan fingerprint density at radius 2 is 2.00 bits per heavy atom. The highest BCUT2D eigenvalue weighted by atomic mass is 35.5. The van der Waals surface area contributed by atoms with Crippen molar-refractivity contribution in [2.75, 3.05) is 0 Å². The molecule has 0 aliphatic carbocycles. The van der Waals surface area contributed by atoms with Crippen molar-refractivity contribution in [1.29, 1.82) is 0 Å². The molecule has 3 nitrogen and oxygen atoms in total. The Labute approximate surface area is 121 Å². The molecule has 0 fully saturated rings. The summed E-state index contributed by atoms with van der Waals surface area (Å²) in [6.45, 7) is 2.05. The minimum atomic E-state index is -0.168. The van der Waals surface area contributed by atoms with Gasteiger partial charge < -0.3 is 0 Å². The van der Waals surface area contributed by atoms with E-state index in [4.69, 9.17) is 23.2 Å². The predicted octanol–water partition coefficient (Wildman–Crippen LogP) is 3.77. The zero-order valence-corrected chi connectivity index (χ0v) is 11.9. The van der Waals surface area contributed by atoms with Crippen molar-refractivity contribution in [3.05, 3.63) is 57.6 Å². The summed E-state index contributed by atoms with van der Waals surface area (Å²) in [4.78, 5) is 20.3. The third kappa shape index (κ3) is 3.52. The van der Waals surface area contributed by atoms with Crippen LogP contribution in [0.5, 0.6) is 0 Å². The molecule has 98 valence electrons. The Morgan fingerprint density at radius 1 is 1.21 bits per heavy atom. The fourth-order valence-electron chi connectivity index (χ4n) is 1.64. The van der Waals surface area contributed by atoms with E-state index < -0.39 is 0 Å². The summed E-state index contributed by atoms with van der Waals surface area (Å²) < 4.78 is 0. The molecule has 0 saturated heterocycles. The van der Waals surface area contributed by atoms with Crippen LogP contribution >= 0.6 is 23.2 Å². The Hall–Kier alpha value is -1.45. The summed E-state index contributed by atoms with van der Waals surface area (Å²) in [5.74, 6) is -0.168. The quantitative estimate of drug-likeness (QED) is 0.806. The van der Waals surface area contributed by atoms with Crippen LogP contribution in [0.4, 0.5) is 0 Å². The molecule has 0 amide bonds. The van der Waals surface area contributed by atoms with Gasteiger partial charge in [0.2, 0.25) is 0 Å². The van der Waals surface area contributed by atoms with Gasteiger partial charge in [-0.05, 0) is 24.1 Å². The lowest BCUT2D eigenvalue weighted by Crippen LogP contribution is -2.08. The van der Waals surface area contributed by atoms with Gasteiger partial charge in [-0.25, -0.2) is 4.98 Å². The van der Waals surface area contributed by atoms with E-state index >= 15 is 0 Å². The molecule has 2 heterocycles. The minimum Gasteiger partial charge on any atom is -0.292 e. The maximum absolute atomic E-state index is 12.1. The van der Waals surface area contributed by atoms with Gasteiger partial charge in [-0.1, -0.05) is 36.2 Å². The zero-order valence-electron chi connectivity index (χ0n) is 10.4. The van der Waals surface area contributed by atoms with Gasteiger partial charge in [-0.3, -0.25) is 9.78 Å². The SMILES string of the molecule is CCc1ccc(CC(=O)c2ncc(Cl)cc2Cl)nc1. The first-order valence-corrected chi connectivity index (χ1v) is 6.63. The summed E-state index contributed by atoms with van der Waals surface area (Å²) in [6, 6.07) is 5.32. The van der Waals surface area contributed by atoms with Crippen molar-refractivity contribution in [1.82, 2.24) is 9.97 Å². The molecular weight excluding hydrogens is 283 g/mol. The first-order valence-electron chi connectivity index (χ1n) is 5.88. The monoisotopic (exact) mass is 294 g/mol. The van der Waals surface area contributed by atoms with Gasteiger partial charge in [0.25, 0.3) is 0 Å². The van der Waals surface area contributed by atoms with Crippen LogP contribution in [0.2, 0.25) is 10.0 Å². The van der Waals surface area contributed by atoms with E-state index in [-0.39, 0.29) is 22.9 Å². The molecule has 0 aromatic carbocycles. The van der Waals surface area contributed by atoms with Crippen molar-refractivity contribution in [3.63, 3.8) is 0 Å². The van der Waals surface area contributed by atoms with Crippen molar-refractivity contribution >= 4 is 29.0 Å². The molecule has 2 aromatic rings. The number of carbonyl (C=O) groups is 1. The van der Waals surface area contributed by atoms with Crippen LogP contribution in [0.3, 0.4) is 0 Å². The molecule has 5 heteroatoms. The van der Waals surface area contributed by atoms with Gasteiger partial charge in [0.1, 0.15) is 5.69 Å². The number of aromatic nitrogens is 2. The Bertz CT molecular complexity index is 597. The molecule has 0 N–H and O–H groups in total. The number of rotatable bonds is 4. The molecule has 0 bridgehead atoms. The van der Waals surface area contributed by atoms with Gasteiger partial charge in [0, 0.05) is 18.1 Å². The van der Waals surface area contributed by atoms with Crippen LogP contribution in [-0.4, -0.2) is 15.8 Å². The lowest BCUT2D eigenvalue weighted by atomic mass is 10.1. The highest BCUT2D eigenvalue weighted by Crippen LogP contribution is 2.19. The molecule has 0 atom stereocenters. The van der Waals surface area contributed by atoms with E-state index in [1.807, 2.05) is 12.1 Å². The van der Waals surface area contributed by atoms with Crippen LogP contribution in [0.25, 0.3) is 0 Å².